The summed E-state index contributed by atoms with van der Waals surface area (Å²) in [5, 5.41) is 7.28. The first-order chi connectivity index (χ1) is 6.90. The summed E-state index contributed by atoms with van der Waals surface area (Å²) in [5.74, 6) is 8.96. The Bertz CT molecular complexity index is 286. The Kier molecular flexibility index (Phi) is 2.04. The highest BCUT2D eigenvalue weighted by Crippen LogP contribution is 2.51. The third-order valence-corrected chi connectivity index (χ3v) is 4.36. The zero-order valence-electron chi connectivity index (χ0n) is 8.72. The van der Waals surface area contributed by atoms with E-state index in [0.717, 1.165) is 30.3 Å². The van der Waals surface area contributed by atoms with E-state index in [1.54, 1.807) is 0 Å². The lowest BCUT2D eigenvalue weighted by molar-refractivity contribution is 0.305. The van der Waals surface area contributed by atoms with E-state index in [1.165, 1.54) is 19.4 Å². The molecule has 1 heterocycles. The molecule has 2 nitrogen and oxygen atoms in total. The summed E-state index contributed by atoms with van der Waals surface area (Å²) in [7, 11) is 0. The van der Waals surface area contributed by atoms with Crippen LogP contribution in [0.5, 0.6) is 0 Å². The van der Waals surface area contributed by atoms with Crippen LogP contribution in [0.4, 0.5) is 0 Å². The van der Waals surface area contributed by atoms with Crippen LogP contribution in [0, 0.1) is 29.6 Å². The van der Waals surface area contributed by atoms with Gasteiger partial charge in [-0.05, 0) is 44.1 Å². The van der Waals surface area contributed by atoms with E-state index in [0.29, 0.717) is 6.04 Å². The predicted octanol–water partition coefficient (Wildman–Crippen LogP) is 0.596. The smallest absolute Gasteiger partial charge is 0.0579 e. The zero-order chi connectivity index (χ0) is 9.54. The predicted molar refractivity (Wildman–Crippen MR) is 56.7 cm³/mol. The Morgan fingerprint density at radius 1 is 1.36 bits per heavy atom. The quantitative estimate of drug-likeness (QED) is 0.623. The third kappa shape index (κ3) is 1.12. The number of hydrogen-bond donors (Lipinski definition) is 2. The molecule has 0 aromatic carbocycles. The molecular formula is C12H18N2. The largest absolute Gasteiger partial charge is 0.312 e. The first kappa shape index (κ1) is 8.76. The maximum Gasteiger partial charge on any atom is 0.0579 e. The van der Waals surface area contributed by atoms with Crippen LogP contribution >= 0.6 is 0 Å². The SMILES string of the molecule is CC#CCNC1C2CC3CNC1C3C2. The first-order valence-electron chi connectivity index (χ1n) is 5.76. The molecule has 0 aromatic heterocycles. The van der Waals surface area contributed by atoms with Gasteiger partial charge in [0.25, 0.3) is 0 Å². The average molecular weight is 190 g/mol. The summed E-state index contributed by atoms with van der Waals surface area (Å²) in [4.78, 5) is 0. The van der Waals surface area contributed by atoms with Crippen molar-refractivity contribution in [2.75, 3.05) is 13.1 Å². The van der Waals surface area contributed by atoms with Crippen molar-refractivity contribution in [1.29, 1.82) is 0 Å². The van der Waals surface area contributed by atoms with Crippen LogP contribution in [0.2, 0.25) is 0 Å². The van der Waals surface area contributed by atoms with Gasteiger partial charge in [0.05, 0.1) is 6.54 Å². The highest BCUT2D eigenvalue weighted by Gasteiger charge is 2.55. The summed E-state index contributed by atoms with van der Waals surface area (Å²) >= 11 is 0. The number of fused-ring (bicyclic) bond motifs is 1. The normalized spacial score (nSPS) is 47.9. The molecule has 1 aliphatic heterocycles. The van der Waals surface area contributed by atoms with Crippen molar-refractivity contribution in [3.05, 3.63) is 0 Å². The Morgan fingerprint density at radius 3 is 3.14 bits per heavy atom. The summed E-state index contributed by atoms with van der Waals surface area (Å²) < 4.78 is 0. The van der Waals surface area contributed by atoms with E-state index >= 15 is 0 Å². The molecule has 5 atom stereocenters. The minimum atomic E-state index is 0.708. The molecule has 3 aliphatic rings. The molecule has 1 saturated heterocycles. The molecule has 0 aromatic rings. The van der Waals surface area contributed by atoms with Gasteiger partial charge in [0.15, 0.2) is 0 Å². The lowest BCUT2D eigenvalue weighted by Crippen LogP contribution is -2.47. The minimum absolute atomic E-state index is 0.708. The van der Waals surface area contributed by atoms with Crippen molar-refractivity contribution >= 4 is 0 Å². The number of rotatable bonds is 2. The molecule has 2 N–H and O–H groups in total. The Hall–Kier alpha value is -0.520. The van der Waals surface area contributed by atoms with Gasteiger partial charge in [0, 0.05) is 12.1 Å². The Morgan fingerprint density at radius 2 is 2.29 bits per heavy atom. The van der Waals surface area contributed by atoms with Crippen molar-refractivity contribution in [3.8, 4) is 11.8 Å². The average Bonchev–Trinajstić information content (AvgIpc) is 2.76. The van der Waals surface area contributed by atoms with E-state index in [4.69, 9.17) is 0 Å². The van der Waals surface area contributed by atoms with E-state index in [-0.39, 0.29) is 0 Å². The molecular weight excluding hydrogens is 172 g/mol. The molecule has 0 radical (unpaired) electrons. The fourth-order valence-electron chi connectivity index (χ4n) is 3.85. The highest BCUT2D eigenvalue weighted by atomic mass is 15.1. The molecule has 0 spiro atoms. The Labute approximate surface area is 85.8 Å². The first-order valence-corrected chi connectivity index (χ1v) is 5.76. The fraction of sp³-hybridized carbons (Fsp3) is 0.833. The van der Waals surface area contributed by atoms with Crippen molar-refractivity contribution in [3.63, 3.8) is 0 Å². The van der Waals surface area contributed by atoms with Crippen molar-refractivity contribution in [2.45, 2.75) is 31.8 Å². The maximum atomic E-state index is 3.68. The van der Waals surface area contributed by atoms with Gasteiger partial charge in [-0.2, -0.15) is 0 Å². The van der Waals surface area contributed by atoms with E-state index in [1.807, 2.05) is 6.92 Å². The second-order valence-electron chi connectivity index (χ2n) is 4.92. The van der Waals surface area contributed by atoms with Gasteiger partial charge < -0.3 is 10.6 Å². The summed E-state index contributed by atoms with van der Waals surface area (Å²) in [5.41, 5.74) is 0. The topological polar surface area (TPSA) is 24.1 Å². The van der Waals surface area contributed by atoms with E-state index in [9.17, 15) is 0 Å². The summed E-state index contributed by atoms with van der Waals surface area (Å²) in [6.07, 6.45) is 2.91. The molecule has 76 valence electrons. The van der Waals surface area contributed by atoms with Crippen LogP contribution in [0.25, 0.3) is 0 Å². The molecule has 5 unspecified atom stereocenters. The Balaban J connectivity index is 1.67. The van der Waals surface area contributed by atoms with Gasteiger partial charge in [-0.25, -0.2) is 0 Å². The zero-order valence-corrected chi connectivity index (χ0v) is 8.72. The van der Waals surface area contributed by atoms with Gasteiger partial charge in [-0.1, -0.05) is 5.92 Å². The molecule has 3 fully saturated rings. The molecule has 2 aliphatic carbocycles. The second-order valence-corrected chi connectivity index (χ2v) is 4.92. The molecule has 3 rings (SSSR count). The number of hydrogen-bond acceptors (Lipinski definition) is 2. The monoisotopic (exact) mass is 190 g/mol. The molecule has 0 amide bonds. The van der Waals surface area contributed by atoms with Crippen LogP contribution < -0.4 is 10.6 Å². The van der Waals surface area contributed by atoms with Crippen LogP contribution in [-0.4, -0.2) is 25.2 Å². The molecule has 2 saturated carbocycles. The molecule has 2 bridgehead atoms. The van der Waals surface area contributed by atoms with Gasteiger partial charge in [-0.3, -0.25) is 0 Å². The van der Waals surface area contributed by atoms with Crippen LogP contribution in [0.15, 0.2) is 0 Å². The van der Waals surface area contributed by atoms with Crippen LogP contribution in [0.3, 0.4) is 0 Å². The lowest BCUT2D eigenvalue weighted by Gasteiger charge is -2.27. The standard InChI is InChI=1S/C12H18N2/c1-2-3-4-13-11-8-5-9-7-14-12(11)10(9)6-8/h8-14H,4-7H2,1H3. The van der Waals surface area contributed by atoms with E-state index in [2.05, 4.69) is 22.5 Å². The van der Waals surface area contributed by atoms with Crippen LogP contribution in [-0.2, 0) is 0 Å². The van der Waals surface area contributed by atoms with Gasteiger partial charge >= 0.3 is 0 Å². The van der Waals surface area contributed by atoms with Gasteiger partial charge in [0.1, 0.15) is 0 Å². The van der Waals surface area contributed by atoms with Crippen molar-refractivity contribution in [2.24, 2.45) is 17.8 Å². The molecule has 2 heteroatoms. The summed E-state index contributed by atoms with van der Waals surface area (Å²) in [6.45, 7) is 4.04. The summed E-state index contributed by atoms with van der Waals surface area (Å²) in [6, 6.07) is 1.47. The van der Waals surface area contributed by atoms with Crippen LogP contribution in [0.1, 0.15) is 19.8 Å². The minimum Gasteiger partial charge on any atom is -0.312 e. The number of nitrogens with one attached hydrogen (secondary N) is 2. The lowest BCUT2D eigenvalue weighted by atomic mass is 9.86. The van der Waals surface area contributed by atoms with Gasteiger partial charge in [0.2, 0.25) is 0 Å². The maximum absolute atomic E-state index is 3.68. The van der Waals surface area contributed by atoms with Crippen molar-refractivity contribution in [1.82, 2.24) is 10.6 Å². The third-order valence-electron chi connectivity index (χ3n) is 4.36. The molecule has 14 heavy (non-hydrogen) atoms. The van der Waals surface area contributed by atoms with Crippen molar-refractivity contribution < 1.29 is 0 Å². The fourth-order valence-corrected chi connectivity index (χ4v) is 3.85. The van der Waals surface area contributed by atoms with E-state index < -0.39 is 0 Å². The second kappa shape index (κ2) is 3.25. The van der Waals surface area contributed by atoms with Gasteiger partial charge in [-0.15, -0.1) is 5.92 Å². The highest BCUT2D eigenvalue weighted by molar-refractivity contribution is 5.13.